The summed E-state index contributed by atoms with van der Waals surface area (Å²) < 4.78 is 5.10. The van der Waals surface area contributed by atoms with E-state index in [4.69, 9.17) is 10.5 Å². The molecule has 1 aromatic rings. The molecule has 1 atom stereocenters. The first kappa shape index (κ1) is 17.1. The van der Waals surface area contributed by atoms with Crippen molar-refractivity contribution in [1.82, 2.24) is 4.90 Å². The molecule has 4 nitrogen and oxygen atoms in total. The van der Waals surface area contributed by atoms with Gasteiger partial charge in [-0.1, -0.05) is 0 Å². The molecule has 0 aromatic heterocycles. The molecule has 0 aliphatic carbocycles. The highest BCUT2D eigenvalue weighted by Gasteiger charge is 2.24. The van der Waals surface area contributed by atoms with E-state index in [0.717, 1.165) is 30.2 Å². The lowest BCUT2D eigenvalue weighted by molar-refractivity contribution is -0.127. The van der Waals surface area contributed by atoms with Gasteiger partial charge in [0.15, 0.2) is 0 Å². The Labute approximate surface area is 130 Å². The quantitative estimate of drug-likeness (QED) is 0.844. The zero-order valence-corrected chi connectivity index (χ0v) is 13.2. The van der Waals surface area contributed by atoms with Crippen LogP contribution >= 0.6 is 24.2 Å². The van der Waals surface area contributed by atoms with E-state index in [2.05, 4.69) is 0 Å². The lowest BCUT2D eigenvalue weighted by atomic mass is 10.1. The summed E-state index contributed by atoms with van der Waals surface area (Å²) >= 11 is 1.57. The smallest absolute Gasteiger partial charge is 0.232 e. The zero-order chi connectivity index (χ0) is 13.7. The molecule has 1 fully saturated rings. The summed E-state index contributed by atoms with van der Waals surface area (Å²) in [5, 5.41) is 0. The Kier molecular flexibility index (Phi) is 7.19. The van der Waals surface area contributed by atoms with Crippen molar-refractivity contribution < 1.29 is 9.53 Å². The molecule has 1 aliphatic rings. The molecule has 0 radical (unpaired) electrons. The van der Waals surface area contributed by atoms with Crippen LogP contribution < -0.4 is 10.5 Å². The molecule has 1 amide bonds. The second-order valence-corrected chi connectivity index (χ2v) is 5.74. The highest BCUT2D eigenvalue weighted by molar-refractivity contribution is 8.00. The minimum absolute atomic E-state index is 0. The van der Waals surface area contributed by atoms with E-state index in [0.29, 0.717) is 18.2 Å². The third-order valence-corrected chi connectivity index (χ3v) is 4.39. The molecular weight excluding hydrogens is 296 g/mol. The van der Waals surface area contributed by atoms with E-state index in [1.54, 1.807) is 18.9 Å². The predicted molar refractivity (Wildman–Crippen MR) is 84.7 cm³/mol. The molecule has 1 unspecified atom stereocenters. The normalized spacial score (nSPS) is 17.7. The molecule has 1 saturated heterocycles. The minimum atomic E-state index is 0. The first-order chi connectivity index (χ1) is 9.22. The van der Waals surface area contributed by atoms with Crippen molar-refractivity contribution >= 4 is 30.1 Å². The summed E-state index contributed by atoms with van der Waals surface area (Å²) in [6.45, 7) is 2.35. The van der Waals surface area contributed by atoms with Crippen LogP contribution in [0, 0.1) is 5.92 Å². The van der Waals surface area contributed by atoms with Crippen LogP contribution in [0.3, 0.4) is 0 Å². The molecule has 6 heteroatoms. The van der Waals surface area contributed by atoms with E-state index in [-0.39, 0.29) is 18.3 Å². The number of thioether (sulfide) groups is 1. The first-order valence-electron chi connectivity index (χ1n) is 6.47. The van der Waals surface area contributed by atoms with Crippen LogP contribution in [0.25, 0.3) is 0 Å². The maximum absolute atomic E-state index is 12.0. The van der Waals surface area contributed by atoms with Crippen molar-refractivity contribution in [1.29, 1.82) is 0 Å². The van der Waals surface area contributed by atoms with Crippen LogP contribution in [0.2, 0.25) is 0 Å². The summed E-state index contributed by atoms with van der Waals surface area (Å²) in [4.78, 5) is 15.1. The van der Waals surface area contributed by atoms with Gasteiger partial charge in [0, 0.05) is 18.0 Å². The molecule has 2 rings (SSSR count). The standard InChI is InChI=1S/C14H20N2O2S.ClH/c1-18-12-2-4-13(5-3-12)19-10-14(17)16-7-6-11(8-15)9-16;/h2-5,11H,6-10,15H2,1H3;1H. The number of carbonyl (C=O) groups excluding carboxylic acids is 1. The highest BCUT2D eigenvalue weighted by atomic mass is 35.5. The fraction of sp³-hybridized carbons (Fsp3) is 0.500. The molecule has 0 bridgehead atoms. The predicted octanol–water partition coefficient (Wildman–Crippen LogP) is 2.02. The fourth-order valence-electron chi connectivity index (χ4n) is 2.16. The Morgan fingerprint density at radius 1 is 1.45 bits per heavy atom. The SMILES string of the molecule is COc1ccc(SCC(=O)N2CCC(CN)C2)cc1.Cl. The number of likely N-dealkylation sites (tertiary alicyclic amines) is 1. The Bertz CT molecular complexity index is 428. The Morgan fingerprint density at radius 2 is 2.15 bits per heavy atom. The average Bonchev–Trinajstić information content (AvgIpc) is 2.94. The molecule has 1 aliphatic heterocycles. The first-order valence-corrected chi connectivity index (χ1v) is 7.46. The van der Waals surface area contributed by atoms with E-state index in [1.165, 1.54) is 0 Å². The van der Waals surface area contributed by atoms with Crippen molar-refractivity contribution in [2.45, 2.75) is 11.3 Å². The van der Waals surface area contributed by atoms with Gasteiger partial charge in [0.05, 0.1) is 12.9 Å². The van der Waals surface area contributed by atoms with Crippen molar-refractivity contribution in [3.05, 3.63) is 24.3 Å². The summed E-state index contributed by atoms with van der Waals surface area (Å²) in [5.41, 5.74) is 5.63. The highest BCUT2D eigenvalue weighted by Crippen LogP contribution is 2.23. The van der Waals surface area contributed by atoms with Crippen molar-refractivity contribution in [2.24, 2.45) is 11.7 Å². The number of amides is 1. The number of hydrogen-bond acceptors (Lipinski definition) is 4. The Morgan fingerprint density at radius 3 is 2.70 bits per heavy atom. The second-order valence-electron chi connectivity index (χ2n) is 4.69. The van der Waals surface area contributed by atoms with E-state index >= 15 is 0 Å². The largest absolute Gasteiger partial charge is 0.497 e. The number of rotatable bonds is 5. The number of methoxy groups -OCH3 is 1. The molecule has 20 heavy (non-hydrogen) atoms. The van der Waals surface area contributed by atoms with Crippen LogP contribution in [-0.4, -0.2) is 43.3 Å². The minimum Gasteiger partial charge on any atom is -0.497 e. The van der Waals surface area contributed by atoms with Crippen LogP contribution in [0.1, 0.15) is 6.42 Å². The molecule has 2 N–H and O–H groups in total. The van der Waals surface area contributed by atoms with Crippen LogP contribution in [0.5, 0.6) is 5.75 Å². The number of ether oxygens (including phenoxy) is 1. The number of hydrogen-bond donors (Lipinski definition) is 1. The van der Waals surface area contributed by atoms with Gasteiger partial charge in [0.25, 0.3) is 0 Å². The molecule has 0 spiro atoms. The van der Waals surface area contributed by atoms with Gasteiger partial charge in [0.2, 0.25) is 5.91 Å². The average molecular weight is 317 g/mol. The third-order valence-electron chi connectivity index (χ3n) is 3.39. The maximum Gasteiger partial charge on any atom is 0.232 e. The van der Waals surface area contributed by atoms with Crippen molar-refractivity contribution in [3.63, 3.8) is 0 Å². The van der Waals surface area contributed by atoms with Crippen LogP contribution in [0.15, 0.2) is 29.2 Å². The van der Waals surface area contributed by atoms with Gasteiger partial charge in [-0.2, -0.15) is 0 Å². The summed E-state index contributed by atoms with van der Waals surface area (Å²) in [5.74, 6) is 2.01. The van der Waals surface area contributed by atoms with Gasteiger partial charge in [-0.25, -0.2) is 0 Å². The number of carbonyl (C=O) groups is 1. The van der Waals surface area contributed by atoms with Gasteiger partial charge in [-0.05, 0) is 43.1 Å². The van der Waals surface area contributed by atoms with Gasteiger partial charge in [0.1, 0.15) is 5.75 Å². The summed E-state index contributed by atoms with van der Waals surface area (Å²) in [6.07, 6.45) is 1.04. The molecular formula is C14H21ClN2O2S. The van der Waals surface area contributed by atoms with Gasteiger partial charge >= 0.3 is 0 Å². The van der Waals surface area contributed by atoms with Crippen LogP contribution in [-0.2, 0) is 4.79 Å². The zero-order valence-electron chi connectivity index (χ0n) is 11.6. The van der Waals surface area contributed by atoms with Crippen molar-refractivity contribution in [2.75, 3.05) is 32.5 Å². The molecule has 1 aromatic carbocycles. The van der Waals surface area contributed by atoms with Gasteiger partial charge in [-0.3, -0.25) is 4.79 Å². The number of nitrogens with zero attached hydrogens (tertiary/aromatic N) is 1. The number of halogens is 1. The molecule has 112 valence electrons. The van der Waals surface area contributed by atoms with E-state index in [9.17, 15) is 4.79 Å². The topological polar surface area (TPSA) is 55.6 Å². The molecule has 0 saturated carbocycles. The lowest BCUT2D eigenvalue weighted by Crippen LogP contribution is -2.31. The summed E-state index contributed by atoms with van der Waals surface area (Å²) in [7, 11) is 1.65. The van der Waals surface area contributed by atoms with E-state index < -0.39 is 0 Å². The van der Waals surface area contributed by atoms with Gasteiger partial charge in [-0.15, -0.1) is 24.2 Å². The second kappa shape index (κ2) is 8.39. The van der Waals surface area contributed by atoms with Crippen LogP contribution in [0.4, 0.5) is 0 Å². The maximum atomic E-state index is 12.0. The van der Waals surface area contributed by atoms with E-state index in [1.807, 2.05) is 29.2 Å². The van der Waals surface area contributed by atoms with Gasteiger partial charge < -0.3 is 15.4 Å². The third kappa shape index (κ3) is 4.58. The monoisotopic (exact) mass is 316 g/mol. The Balaban J connectivity index is 0.00000200. The number of nitrogens with two attached hydrogens (primary N) is 1. The Hall–Kier alpha value is -0.910. The van der Waals surface area contributed by atoms with Crippen molar-refractivity contribution in [3.8, 4) is 5.75 Å². The molecule has 1 heterocycles. The number of benzene rings is 1. The fourth-order valence-corrected chi connectivity index (χ4v) is 2.96. The lowest BCUT2D eigenvalue weighted by Gasteiger charge is -2.15. The summed E-state index contributed by atoms with van der Waals surface area (Å²) in [6, 6.07) is 7.77.